The van der Waals surface area contributed by atoms with Crippen LogP contribution in [0.1, 0.15) is 48.6 Å². The highest BCUT2D eigenvalue weighted by Gasteiger charge is 2.19. The van der Waals surface area contributed by atoms with E-state index in [-0.39, 0.29) is 17.3 Å². The molecule has 0 bridgehead atoms. The van der Waals surface area contributed by atoms with E-state index in [1.807, 2.05) is 26.8 Å². The summed E-state index contributed by atoms with van der Waals surface area (Å²) in [5.74, 6) is -1.05. The fourth-order valence-electron chi connectivity index (χ4n) is 2.12. The van der Waals surface area contributed by atoms with E-state index < -0.39 is 5.97 Å². The number of rotatable bonds is 4. The van der Waals surface area contributed by atoms with Crippen LogP contribution in [0.4, 0.5) is 0 Å². The van der Waals surface area contributed by atoms with Gasteiger partial charge < -0.3 is 5.11 Å². The molecule has 0 radical (unpaired) electrons. The van der Waals surface area contributed by atoms with E-state index in [2.05, 4.69) is 0 Å². The van der Waals surface area contributed by atoms with Gasteiger partial charge in [0, 0.05) is 15.6 Å². The molecule has 5 heteroatoms. The molecule has 19 heavy (non-hydrogen) atoms. The number of aryl methyl sites for hydroxylation is 1. The van der Waals surface area contributed by atoms with Crippen molar-refractivity contribution in [3.8, 4) is 0 Å². The van der Waals surface area contributed by atoms with Crippen molar-refractivity contribution >= 4 is 27.4 Å². The van der Waals surface area contributed by atoms with Crippen LogP contribution >= 0.6 is 11.3 Å². The van der Waals surface area contributed by atoms with Crippen molar-refractivity contribution in [3.05, 3.63) is 33.1 Å². The molecule has 2 aromatic heterocycles. The Labute approximate surface area is 115 Å². The predicted octanol–water partition coefficient (Wildman–Crippen LogP) is 3.29. The third-order valence-corrected chi connectivity index (χ3v) is 4.61. The topological polar surface area (TPSA) is 59.3 Å². The van der Waals surface area contributed by atoms with E-state index in [0.717, 1.165) is 22.4 Å². The van der Waals surface area contributed by atoms with Crippen LogP contribution in [0.15, 0.2) is 16.9 Å². The summed E-state index contributed by atoms with van der Waals surface area (Å²) in [6.07, 6.45) is 1.57. The summed E-state index contributed by atoms with van der Waals surface area (Å²) in [5, 5.41) is 9.93. The Balaban J connectivity index is 2.83. The summed E-state index contributed by atoms with van der Waals surface area (Å²) in [5.41, 5.74) is -0.114. The Morgan fingerprint density at radius 2 is 2.11 bits per heavy atom. The molecular weight excluding hydrogens is 262 g/mol. The number of thiophene rings is 1. The molecule has 2 rings (SSSR count). The van der Waals surface area contributed by atoms with Gasteiger partial charge in [0.15, 0.2) is 0 Å². The lowest BCUT2D eigenvalue weighted by atomic mass is 10.2. The minimum absolute atomic E-state index is 0.0800. The van der Waals surface area contributed by atoms with Crippen molar-refractivity contribution in [2.75, 3.05) is 0 Å². The highest BCUT2D eigenvalue weighted by Crippen LogP contribution is 2.26. The van der Waals surface area contributed by atoms with Crippen molar-refractivity contribution in [2.24, 2.45) is 0 Å². The average molecular weight is 279 g/mol. The fourth-order valence-corrected chi connectivity index (χ4v) is 3.15. The summed E-state index contributed by atoms with van der Waals surface area (Å²) in [7, 11) is 0. The van der Waals surface area contributed by atoms with Crippen LogP contribution in [0.25, 0.3) is 10.1 Å². The first-order valence-corrected chi connectivity index (χ1v) is 7.22. The number of aromatic carboxylic acids is 1. The summed E-state index contributed by atoms with van der Waals surface area (Å²) >= 11 is 1.49. The third kappa shape index (κ3) is 2.30. The highest BCUT2D eigenvalue weighted by molar-refractivity contribution is 7.19. The molecule has 2 aromatic rings. The van der Waals surface area contributed by atoms with Gasteiger partial charge in [0.2, 0.25) is 0 Å². The quantitative estimate of drug-likeness (QED) is 0.934. The highest BCUT2D eigenvalue weighted by atomic mass is 32.1. The van der Waals surface area contributed by atoms with Gasteiger partial charge >= 0.3 is 5.97 Å². The third-order valence-electron chi connectivity index (χ3n) is 3.39. The van der Waals surface area contributed by atoms with Crippen molar-refractivity contribution in [2.45, 2.75) is 39.7 Å². The minimum atomic E-state index is -1.05. The van der Waals surface area contributed by atoms with Gasteiger partial charge in [0.05, 0.1) is 5.39 Å². The lowest BCUT2D eigenvalue weighted by Crippen LogP contribution is -2.28. The normalized spacial score (nSPS) is 12.8. The first kappa shape index (κ1) is 13.8. The zero-order valence-electron chi connectivity index (χ0n) is 11.3. The van der Waals surface area contributed by atoms with Crippen molar-refractivity contribution in [1.29, 1.82) is 0 Å². The molecule has 0 aromatic carbocycles. The smallest absolute Gasteiger partial charge is 0.352 e. The van der Waals surface area contributed by atoms with E-state index in [1.165, 1.54) is 15.9 Å². The number of pyridine rings is 1. The standard InChI is InChI=1S/C14H17NO3S/c1-4-8(3)15-11(14(17)18)7-12-10(13(15)16)6-9(5-2)19-12/h6-8H,4-5H2,1-3H3,(H,17,18). The lowest BCUT2D eigenvalue weighted by Gasteiger charge is -2.16. The van der Waals surface area contributed by atoms with E-state index in [9.17, 15) is 14.7 Å². The SMILES string of the molecule is CCc1cc2c(=O)n(C(C)CC)c(C(=O)O)cc2s1. The number of hydrogen-bond donors (Lipinski definition) is 1. The maximum Gasteiger partial charge on any atom is 0.352 e. The average Bonchev–Trinajstić information content (AvgIpc) is 2.81. The van der Waals surface area contributed by atoms with Crippen molar-refractivity contribution in [1.82, 2.24) is 4.57 Å². The maximum atomic E-state index is 12.5. The summed E-state index contributed by atoms with van der Waals surface area (Å²) in [4.78, 5) is 25.0. The van der Waals surface area contributed by atoms with Gasteiger partial charge in [-0.05, 0) is 31.9 Å². The number of fused-ring (bicyclic) bond motifs is 1. The molecule has 0 spiro atoms. The molecule has 4 nitrogen and oxygen atoms in total. The molecule has 1 N–H and O–H groups in total. The molecule has 102 valence electrons. The maximum absolute atomic E-state index is 12.5. The van der Waals surface area contributed by atoms with Crippen molar-refractivity contribution in [3.63, 3.8) is 0 Å². The first-order valence-electron chi connectivity index (χ1n) is 6.40. The van der Waals surface area contributed by atoms with Crippen LogP contribution in [-0.2, 0) is 6.42 Å². The van der Waals surface area contributed by atoms with Gasteiger partial charge in [-0.25, -0.2) is 4.79 Å². The zero-order chi connectivity index (χ0) is 14.2. The van der Waals surface area contributed by atoms with Gasteiger partial charge in [0.25, 0.3) is 5.56 Å². The molecule has 1 atom stereocenters. The second kappa shape index (κ2) is 5.17. The van der Waals surface area contributed by atoms with Gasteiger partial charge in [0.1, 0.15) is 5.69 Å². The van der Waals surface area contributed by atoms with E-state index in [0.29, 0.717) is 5.39 Å². The van der Waals surface area contributed by atoms with Gasteiger partial charge in [-0.1, -0.05) is 13.8 Å². The molecular formula is C14H17NO3S. The monoisotopic (exact) mass is 279 g/mol. The van der Waals surface area contributed by atoms with Gasteiger partial charge in [-0.3, -0.25) is 9.36 Å². The van der Waals surface area contributed by atoms with E-state index in [4.69, 9.17) is 0 Å². The second-order valence-electron chi connectivity index (χ2n) is 4.61. The molecule has 0 saturated heterocycles. The van der Waals surface area contributed by atoms with Crippen LogP contribution in [0, 0.1) is 0 Å². The number of hydrogen-bond acceptors (Lipinski definition) is 3. The largest absolute Gasteiger partial charge is 0.477 e. The molecule has 0 aliphatic rings. The Hall–Kier alpha value is -1.62. The number of nitrogens with zero attached hydrogens (tertiary/aromatic N) is 1. The number of carboxylic acid groups (broad SMARTS) is 1. The molecule has 2 heterocycles. The molecule has 0 aliphatic heterocycles. The number of carboxylic acids is 1. The van der Waals surface area contributed by atoms with Crippen LogP contribution in [0.3, 0.4) is 0 Å². The minimum Gasteiger partial charge on any atom is -0.477 e. The second-order valence-corrected chi connectivity index (χ2v) is 5.78. The lowest BCUT2D eigenvalue weighted by molar-refractivity contribution is 0.0681. The van der Waals surface area contributed by atoms with E-state index >= 15 is 0 Å². The van der Waals surface area contributed by atoms with Crippen LogP contribution in [0.2, 0.25) is 0 Å². The Morgan fingerprint density at radius 1 is 1.42 bits per heavy atom. The van der Waals surface area contributed by atoms with Crippen LogP contribution < -0.4 is 5.56 Å². The first-order chi connectivity index (χ1) is 8.99. The number of carbonyl (C=O) groups is 1. The zero-order valence-corrected chi connectivity index (χ0v) is 12.1. The van der Waals surface area contributed by atoms with Gasteiger partial charge in [-0.2, -0.15) is 0 Å². The summed E-state index contributed by atoms with van der Waals surface area (Å²) < 4.78 is 2.16. The van der Waals surface area contributed by atoms with Crippen LogP contribution in [0.5, 0.6) is 0 Å². The summed E-state index contributed by atoms with van der Waals surface area (Å²) in [6.45, 7) is 5.83. The Bertz CT molecular complexity index is 684. The van der Waals surface area contributed by atoms with Crippen molar-refractivity contribution < 1.29 is 9.90 Å². The Morgan fingerprint density at radius 3 is 2.63 bits per heavy atom. The molecule has 1 unspecified atom stereocenters. The molecule has 0 saturated carbocycles. The summed E-state index contributed by atoms with van der Waals surface area (Å²) in [6, 6.07) is 3.38. The predicted molar refractivity (Wildman–Crippen MR) is 77.4 cm³/mol. The number of aromatic nitrogens is 1. The molecule has 0 fully saturated rings. The van der Waals surface area contributed by atoms with Crippen LogP contribution in [-0.4, -0.2) is 15.6 Å². The molecule has 0 amide bonds. The molecule has 0 aliphatic carbocycles. The Kier molecular flexibility index (Phi) is 3.75. The van der Waals surface area contributed by atoms with E-state index in [1.54, 1.807) is 6.07 Å². The fraction of sp³-hybridized carbons (Fsp3) is 0.429. The van der Waals surface area contributed by atoms with Gasteiger partial charge in [-0.15, -0.1) is 11.3 Å².